The van der Waals surface area contributed by atoms with Crippen LogP contribution in [0.2, 0.25) is 5.02 Å². The number of carboxylic acid groups (broad SMARTS) is 1. The Morgan fingerprint density at radius 3 is 2.47 bits per heavy atom. The van der Waals surface area contributed by atoms with Crippen molar-refractivity contribution in [1.29, 1.82) is 0 Å². The fraction of sp³-hybridized carbons (Fsp3) is 0.355. The van der Waals surface area contributed by atoms with Crippen molar-refractivity contribution >= 4 is 40.1 Å². The fourth-order valence-electron chi connectivity index (χ4n) is 6.12. The minimum absolute atomic E-state index is 0.0528. The normalized spacial score (nSPS) is 17.6. The van der Waals surface area contributed by atoms with Crippen molar-refractivity contribution in [2.75, 3.05) is 56.2 Å². The van der Waals surface area contributed by atoms with Crippen molar-refractivity contribution < 1.29 is 19.0 Å². The number of methoxy groups -OCH3 is 1. The van der Waals surface area contributed by atoms with Crippen LogP contribution in [0.25, 0.3) is 16.6 Å². The smallest absolute Gasteiger partial charge is 0.341 e. The SMILES string of the molecule is COC[C@@H]1CCCN1Cc1ccc(-n2cc(C(=O)O)c(=O)c3cc(F)c(N4CCN(c5ncccn5)CC4)c(Cl)c32)cc1. The molecular weight excluding hydrogens is 575 g/mol. The second-order valence-electron chi connectivity index (χ2n) is 10.9. The molecule has 2 fully saturated rings. The molecule has 1 atom stereocenters. The molecule has 2 aliphatic heterocycles. The first-order valence-corrected chi connectivity index (χ1v) is 14.6. The number of carbonyl (C=O) groups is 1. The van der Waals surface area contributed by atoms with E-state index in [1.807, 2.05) is 34.1 Å². The summed E-state index contributed by atoms with van der Waals surface area (Å²) < 4.78 is 22.6. The molecule has 10 nitrogen and oxygen atoms in total. The van der Waals surface area contributed by atoms with E-state index in [0.717, 1.165) is 37.6 Å². The number of halogens is 2. The number of ether oxygens (including phenoxy) is 1. The third-order valence-corrected chi connectivity index (χ3v) is 8.63. The molecule has 0 spiro atoms. The van der Waals surface area contributed by atoms with Crippen LogP contribution >= 0.6 is 11.6 Å². The average molecular weight is 607 g/mol. The number of anilines is 2. The Bertz CT molecular complexity index is 1690. The fourth-order valence-corrected chi connectivity index (χ4v) is 6.52. The van der Waals surface area contributed by atoms with Crippen molar-refractivity contribution in [2.24, 2.45) is 0 Å². The van der Waals surface area contributed by atoms with Gasteiger partial charge in [0, 0.05) is 70.2 Å². The van der Waals surface area contributed by atoms with Crippen LogP contribution in [0.15, 0.2) is 59.8 Å². The number of fused-ring (bicyclic) bond motifs is 1. The average Bonchev–Trinajstić information content (AvgIpc) is 3.45. The Balaban J connectivity index is 1.37. The summed E-state index contributed by atoms with van der Waals surface area (Å²) in [4.78, 5) is 40.1. The molecule has 2 aromatic carbocycles. The number of nitrogens with zero attached hydrogens (tertiary/aromatic N) is 6. The highest BCUT2D eigenvalue weighted by atomic mass is 35.5. The molecule has 1 N–H and O–H groups in total. The molecule has 0 saturated carbocycles. The summed E-state index contributed by atoms with van der Waals surface area (Å²) in [5.41, 5.74) is 0.885. The Kier molecular flexibility index (Phi) is 8.29. The number of likely N-dealkylation sites (tertiary alicyclic amines) is 1. The zero-order valence-corrected chi connectivity index (χ0v) is 24.5. The van der Waals surface area contributed by atoms with Gasteiger partial charge in [0.1, 0.15) is 11.4 Å². The third-order valence-electron chi connectivity index (χ3n) is 8.28. The van der Waals surface area contributed by atoms with E-state index in [2.05, 4.69) is 14.9 Å². The second kappa shape index (κ2) is 12.3. The Morgan fingerprint density at radius 2 is 1.79 bits per heavy atom. The molecule has 0 amide bonds. The van der Waals surface area contributed by atoms with Crippen LogP contribution in [-0.2, 0) is 11.3 Å². The van der Waals surface area contributed by atoms with Gasteiger partial charge in [-0.1, -0.05) is 23.7 Å². The number of carboxylic acids is 1. The number of aromatic nitrogens is 3. The predicted octanol–water partition coefficient (Wildman–Crippen LogP) is 4.21. The van der Waals surface area contributed by atoms with E-state index in [0.29, 0.717) is 50.5 Å². The minimum atomic E-state index is -1.39. The Labute approximate surface area is 252 Å². The summed E-state index contributed by atoms with van der Waals surface area (Å²) in [6.07, 6.45) is 6.85. The van der Waals surface area contributed by atoms with E-state index in [1.54, 1.807) is 30.1 Å². The second-order valence-corrected chi connectivity index (χ2v) is 11.3. The summed E-state index contributed by atoms with van der Waals surface area (Å²) in [6.45, 7) is 4.44. The van der Waals surface area contributed by atoms with Crippen molar-refractivity contribution in [1.82, 2.24) is 19.4 Å². The van der Waals surface area contributed by atoms with Crippen molar-refractivity contribution in [3.8, 4) is 5.69 Å². The minimum Gasteiger partial charge on any atom is -0.477 e. The van der Waals surface area contributed by atoms with Crippen LogP contribution in [0.4, 0.5) is 16.0 Å². The molecule has 2 aromatic heterocycles. The van der Waals surface area contributed by atoms with Gasteiger partial charge in [0.15, 0.2) is 0 Å². The number of piperazine rings is 1. The summed E-state index contributed by atoms with van der Waals surface area (Å²) in [6, 6.07) is 10.9. The Hall–Kier alpha value is -4.06. The third kappa shape index (κ3) is 5.67. The van der Waals surface area contributed by atoms with E-state index < -0.39 is 22.8 Å². The van der Waals surface area contributed by atoms with Gasteiger partial charge >= 0.3 is 5.97 Å². The quantitative estimate of drug-likeness (QED) is 0.316. The van der Waals surface area contributed by atoms with Gasteiger partial charge in [0.05, 0.1) is 28.2 Å². The van der Waals surface area contributed by atoms with E-state index >= 15 is 4.39 Å². The van der Waals surface area contributed by atoms with Crippen LogP contribution in [0.3, 0.4) is 0 Å². The first kappa shape index (κ1) is 29.0. The lowest BCUT2D eigenvalue weighted by Gasteiger charge is -2.36. The maximum atomic E-state index is 15.7. The monoisotopic (exact) mass is 606 g/mol. The highest BCUT2D eigenvalue weighted by molar-refractivity contribution is 6.38. The van der Waals surface area contributed by atoms with Gasteiger partial charge in [-0.15, -0.1) is 0 Å². The van der Waals surface area contributed by atoms with E-state index in [1.165, 1.54) is 6.20 Å². The summed E-state index contributed by atoms with van der Waals surface area (Å²) >= 11 is 6.94. The molecule has 6 rings (SSSR count). The standard InChI is InChI=1S/C31H32ClFN6O4/c1-43-19-22-4-2-11-38(22)17-20-5-7-21(8-6-20)39-18-24(30(41)42)29(40)23-16-25(33)28(26(32)27(23)39)36-12-14-37(15-13-36)31-34-9-3-10-35-31/h3,5-10,16,18,22H,2,4,11-15,17,19H2,1H3,(H,41,42)/t22-/m0/s1. The highest BCUT2D eigenvalue weighted by Crippen LogP contribution is 2.37. The van der Waals surface area contributed by atoms with Crippen LogP contribution in [0, 0.1) is 5.82 Å². The van der Waals surface area contributed by atoms with Crippen LogP contribution < -0.4 is 15.2 Å². The van der Waals surface area contributed by atoms with Gasteiger partial charge in [0.2, 0.25) is 11.4 Å². The van der Waals surface area contributed by atoms with Crippen molar-refractivity contribution in [3.63, 3.8) is 0 Å². The molecule has 4 heterocycles. The lowest BCUT2D eigenvalue weighted by atomic mass is 10.1. The van der Waals surface area contributed by atoms with Crippen LogP contribution in [-0.4, -0.2) is 83.0 Å². The van der Waals surface area contributed by atoms with Crippen LogP contribution in [0.5, 0.6) is 0 Å². The molecule has 2 aliphatic rings. The number of rotatable bonds is 8. The maximum Gasteiger partial charge on any atom is 0.341 e. The maximum absolute atomic E-state index is 15.7. The van der Waals surface area contributed by atoms with Gasteiger partial charge in [-0.3, -0.25) is 9.69 Å². The molecule has 0 bridgehead atoms. The van der Waals surface area contributed by atoms with E-state index in [9.17, 15) is 14.7 Å². The summed E-state index contributed by atoms with van der Waals surface area (Å²) in [7, 11) is 1.72. The molecule has 0 unspecified atom stereocenters. The van der Waals surface area contributed by atoms with Gasteiger partial charge in [0.25, 0.3) is 0 Å². The highest BCUT2D eigenvalue weighted by Gasteiger charge is 2.28. The molecule has 4 aromatic rings. The topological polar surface area (TPSA) is 104 Å². The molecule has 224 valence electrons. The molecular formula is C31H32ClFN6O4. The van der Waals surface area contributed by atoms with Gasteiger partial charge < -0.3 is 24.2 Å². The van der Waals surface area contributed by atoms with Gasteiger partial charge in [-0.25, -0.2) is 19.2 Å². The summed E-state index contributed by atoms with van der Waals surface area (Å²) in [5, 5.41) is 9.77. The number of hydrogen-bond donors (Lipinski definition) is 1. The van der Waals surface area contributed by atoms with Gasteiger partial charge in [-0.05, 0) is 49.2 Å². The first-order valence-electron chi connectivity index (χ1n) is 14.3. The van der Waals surface area contributed by atoms with Gasteiger partial charge in [-0.2, -0.15) is 0 Å². The zero-order chi connectivity index (χ0) is 30.1. The number of hydrogen-bond acceptors (Lipinski definition) is 8. The number of aromatic carboxylic acids is 1. The van der Waals surface area contributed by atoms with E-state index in [-0.39, 0.29) is 21.6 Å². The lowest BCUT2D eigenvalue weighted by molar-refractivity contribution is 0.0695. The van der Waals surface area contributed by atoms with Crippen molar-refractivity contribution in [3.05, 3.63) is 87.2 Å². The summed E-state index contributed by atoms with van der Waals surface area (Å²) in [5.74, 6) is -1.47. The molecule has 0 radical (unpaired) electrons. The molecule has 43 heavy (non-hydrogen) atoms. The lowest BCUT2D eigenvalue weighted by Crippen LogP contribution is -2.47. The Morgan fingerprint density at radius 1 is 1.09 bits per heavy atom. The van der Waals surface area contributed by atoms with Crippen LogP contribution in [0.1, 0.15) is 28.8 Å². The zero-order valence-electron chi connectivity index (χ0n) is 23.7. The number of pyridine rings is 1. The molecule has 12 heteroatoms. The molecule has 0 aliphatic carbocycles. The molecule has 2 saturated heterocycles. The number of benzene rings is 2. The van der Waals surface area contributed by atoms with E-state index in [4.69, 9.17) is 16.3 Å². The predicted molar refractivity (Wildman–Crippen MR) is 163 cm³/mol. The first-order chi connectivity index (χ1) is 20.9. The van der Waals surface area contributed by atoms with Crippen molar-refractivity contribution in [2.45, 2.75) is 25.4 Å². The largest absolute Gasteiger partial charge is 0.477 e.